The van der Waals surface area contributed by atoms with Crippen LogP contribution in [0.15, 0.2) is 23.1 Å². The molecular weight excluding hydrogens is 216 g/mol. The first-order valence-corrected chi connectivity index (χ1v) is 5.94. The van der Waals surface area contributed by atoms with Crippen molar-refractivity contribution in [1.29, 1.82) is 0 Å². The van der Waals surface area contributed by atoms with Crippen LogP contribution in [0.2, 0.25) is 5.02 Å². The Morgan fingerprint density at radius 1 is 1.57 bits per heavy atom. The van der Waals surface area contributed by atoms with Crippen LogP contribution in [0.1, 0.15) is 25.8 Å². The van der Waals surface area contributed by atoms with E-state index in [4.69, 9.17) is 11.6 Å². The van der Waals surface area contributed by atoms with E-state index in [1.54, 1.807) is 11.8 Å². The minimum absolute atomic E-state index is 0.457. The molecule has 2 rings (SSSR count). The minimum atomic E-state index is -0.731. The smallest absolute Gasteiger partial charge is 0.0890 e. The molecule has 1 N–H and O–H groups in total. The number of rotatable bonds is 0. The van der Waals surface area contributed by atoms with E-state index in [0.29, 0.717) is 10.3 Å². The van der Waals surface area contributed by atoms with Crippen LogP contribution in [0, 0.1) is 0 Å². The van der Waals surface area contributed by atoms with E-state index in [9.17, 15) is 5.11 Å². The average molecular weight is 229 g/mol. The highest BCUT2D eigenvalue weighted by atomic mass is 35.5. The van der Waals surface area contributed by atoms with Gasteiger partial charge in [0, 0.05) is 15.2 Å². The largest absolute Gasteiger partial charge is 0.385 e. The van der Waals surface area contributed by atoms with Crippen molar-refractivity contribution in [2.45, 2.75) is 36.0 Å². The van der Waals surface area contributed by atoms with Crippen LogP contribution in [0.25, 0.3) is 0 Å². The van der Waals surface area contributed by atoms with Gasteiger partial charge in [0.2, 0.25) is 0 Å². The number of halogens is 1. The topological polar surface area (TPSA) is 20.2 Å². The molecule has 0 aliphatic carbocycles. The number of hydrogen-bond donors (Lipinski definition) is 1. The molecular formula is C11H13ClOS. The molecule has 2 unspecified atom stereocenters. The Balaban J connectivity index is 2.53. The maximum atomic E-state index is 10.2. The number of hydrogen-bond acceptors (Lipinski definition) is 2. The Kier molecular flexibility index (Phi) is 2.54. The molecule has 1 heterocycles. The normalized spacial score (nSPS) is 31.3. The molecule has 1 aliphatic heterocycles. The summed E-state index contributed by atoms with van der Waals surface area (Å²) in [5, 5.41) is 11.4. The molecule has 2 atom stereocenters. The highest BCUT2D eigenvalue weighted by Crippen LogP contribution is 2.44. The van der Waals surface area contributed by atoms with Crippen molar-refractivity contribution in [2.75, 3.05) is 0 Å². The van der Waals surface area contributed by atoms with Crippen LogP contribution in [-0.2, 0) is 5.60 Å². The van der Waals surface area contributed by atoms with E-state index in [-0.39, 0.29) is 0 Å². The lowest BCUT2D eigenvalue weighted by Crippen LogP contribution is -2.29. The lowest BCUT2D eigenvalue weighted by Gasteiger charge is -2.34. The van der Waals surface area contributed by atoms with E-state index < -0.39 is 5.60 Å². The van der Waals surface area contributed by atoms with Crippen molar-refractivity contribution < 1.29 is 5.11 Å². The van der Waals surface area contributed by atoms with Crippen molar-refractivity contribution >= 4 is 23.4 Å². The summed E-state index contributed by atoms with van der Waals surface area (Å²) in [6.07, 6.45) is 0.783. The first-order valence-electron chi connectivity index (χ1n) is 4.68. The van der Waals surface area contributed by atoms with Crippen molar-refractivity contribution in [1.82, 2.24) is 0 Å². The zero-order valence-corrected chi connectivity index (χ0v) is 9.82. The molecule has 0 saturated carbocycles. The highest BCUT2D eigenvalue weighted by Gasteiger charge is 2.33. The second-order valence-corrected chi connectivity index (χ2v) is 5.96. The Morgan fingerprint density at radius 2 is 2.29 bits per heavy atom. The standard InChI is InChI=1S/C11H13ClOS/c1-7-6-11(2,13)9-5-8(12)3-4-10(9)14-7/h3-5,7,13H,6H2,1-2H3. The Bertz CT molecular complexity index is 362. The van der Waals surface area contributed by atoms with Gasteiger partial charge in [0.25, 0.3) is 0 Å². The molecule has 0 spiro atoms. The molecule has 0 amide bonds. The van der Waals surface area contributed by atoms with Crippen LogP contribution in [0.3, 0.4) is 0 Å². The fourth-order valence-corrected chi connectivity index (χ4v) is 3.52. The summed E-state index contributed by atoms with van der Waals surface area (Å²) in [6.45, 7) is 4.00. The highest BCUT2D eigenvalue weighted by molar-refractivity contribution is 8.00. The lowest BCUT2D eigenvalue weighted by molar-refractivity contribution is 0.0436. The van der Waals surface area contributed by atoms with Gasteiger partial charge in [0.15, 0.2) is 0 Å². The molecule has 1 aromatic rings. The SMILES string of the molecule is CC1CC(C)(O)c2cc(Cl)ccc2S1. The second-order valence-electron chi connectivity index (χ2n) is 4.05. The van der Waals surface area contributed by atoms with Gasteiger partial charge in [-0.1, -0.05) is 18.5 Å². The van der Waals surface area contributed by atoms with E-state index in [2.05, 4.69) is 6.92 Å². The van der Waals surface area contributed by atoms with Crippen molar-refractivity contribution in [3.63, 3.8) is 0 Å². The van der Waals surface area contributed by atoms with Crippen LogP contribution in [-0.4, -0.2) is 10.4 Å². The summed E-state index contributed by atoms with van der Waals surface area (Å²) >= 11 is 7.72. The third kappa shape index (κ3) is 1.79. The average Bonchev–Trinajstić information content (AvgIpc) is 2.05. The van der Waals surface area contributed by atoms with Gasteiger partial charge in [0.1, 0.15) is 0 Å². The van der Waals surface area contributed by atoms with Gasteiger partial charge in [-0.05, 0) is 37.1 Å². The molecule has 0 fully saturated rings. The van der Waals surface area contributed by atoms with E-state index >= 15 is 0 Å². The zero-order valence-electron chi connectivity index (χ0n) is 8.25. The first-order chi connectivity index (χ1) is 6.49. The van der Waals surface area contributed by atoms with Crippen LogP contribution < -0.4 is 0 Å². The third-order valence-electron chi connectivity index (χ3n) is 2.53. The summed E-state index contributed by atoms with van der Waals surface area (Å²) < 4.78 is 0. The van der Waals surface area contributed by atoms with Crippen LogP contribution in [0.5, 0.6) is 0 Å². The summed E-state index contributed by atoms with van der Waals surface area (Å²) in [5.41, 5.74) is 0.235. The number of fused-ring (bicyclic) bond motifs is 1. The zero-order chi connectivity index (χ0) is 10.3. The molecule has 0 aromatic heterocycles. The molecule has 0 radical (unpaired) electrons. The molecule has 76 valence electrons. The summed E-state index contributed by atoms with van der Waals surface area (Å²) in [7, 11) is 0. The van der Waals surface area contributed by atoms with E-state index in [0.717, 1.165) is 16.9 Å². The summed E-state index contributed by atoms with van der Waals surface area (Å²) in [5.74, 6) is 0. The molecule has 3 heteroatoms. The summed E-state index contributed by atoms with van der Waals surface area (Å²) in [4.78, 5) is 1.15. The van der Waals surface area contributed by atoms with Gasteiger partial charge in [-0.15, -0.1) is 11.8 Å². The Hall–Kier alpha value is -0.180. The predicted octanol–water partition coefficient (Wildman–Crippen LogP) is 3.43. The molecule has 1 nitrogen and oxygen atoms in total. The van der Waals surface area contributed by atoms with Crippen molar-refractivity contribution in [3.8, 4) is 0 Å². The third-order valence-corrected chi connectivity index (χ3v) is 3.95. The predicted molar refractivity (Wildman–Crippen MR) is 61.0 cm³/mol. The van der Waals surface area contributed by atoms with E-state index in [1.165, 1.54) is 0 Å². The van der Waals surface area contributed by atoms with Crippen LogP contribution >= 0.6 is 23.4 Å². The molecule has 0 saturated heterocycles. The van der Waals surface area contributed by atoms with E-state index in [1.807, 2.05) is 25.1 Å². The lowest BCUT2D eigenvalue weighted by atomic mass is 9.90. The second kappa shape index (κ2) is 3.44. The van der Waals surface area contributed by atoms with Crippen molar-refractivity contribution in [3.05, 3.63) is 28.8 Å². The van der Waals surface area contributed by atoms with Gasteiger partial charge in [-0.3, -0.25) is 0 Å². The van der Waals surface area contributed by atoms with Gasteiger partial charge >= 0.3 is 0 Å². The molecule has 0 bridgehead atoms. The summed E-state index contributed by atoms with van der Waals surface area (Å²) in [6, 6.07) is 5.74. The minimum Gasteiger partial charge on any atom is -0.385 e. The maximum absolute atomic E-state index is 10.2. The maximum Gasteiger partial charge on any atom is 0.0890 e. The molecule has 1 aliphatic rings. The number of benzene rings is 1. The first kappa shape index (κ1) is 10.3. The number of thioether (sulfide) groups is 1. The van der Waals surface area contributed by atoms with Crippen LogP contribution in [0.4, 0.5) is 0 Å². The molecule has 1 aromatic carbocycles. The molecule has 14 heavy (non-hydrogen) atoms. The Morgan fingerprint density at radius 3 is 3.00 bits per heavy atom. The van der Waals surface area contributed by atoms with Gasteiger partial charge < -0.3 is 5.11 Å². The monoisotopic (exact) mass is 228 g/mol. The quantitative estimate of drug-likeness (QED) is 0.734. The van der Waals surface area contributed by atoms with Gasteiger partial charge in [-0.2, -0.15) is 0 Å². The van der Waals surface area contributed by atoms with Gasteiger partial charge in [0.05, 0.1) is 5.60 Å². The van der Waals surface area contributed by atoms with Gasteiger partial charge in [-0.25, -0.2) is 0 Å². The fraction of sp³-hybridized carbons (Fsp3) is 0.455. The fourth-order valence-electron chi connectivity index (χ4n) is 1.95. The van der Waals surface area contributed by atoms with Crippen molar-refractivity contribution in [2.24, 2.45) is 0 Å². The Labute approximate surface area is 93.5 Å². The number of aliphatic hydroxyl groups is 1.